The van der Waals surface area contributed by atoms with Gasteiger partial charge in [0.25, 0.3) is 0 Å². The standard InChI is InChI=1S/C25H54BN3O8/c1-30-16-11-28(12-17-31-2)9-7-27(8-10-29(13-18-32-3)14-19-33-4)15-20-36-24-23(35-6)22(21-34-5)37-25(24)26/h22-25H,7-21,26H2,1-6H3/t22-,23?,24+,25-/m1/s1. The third-order valence-corrected chi connectivity index (χ3v) is 6.77. The molecular formula is C25H54BN3O8. The zero-order valence-corrected chi connectivity index (χ0v) is 24.5. The average molecular weight is 536 g/mol. The van der Waals surface area contributed by atoms with Gasteiger partial charge in [0, 0.05) is 102 Å². The minimum atomic E-state index is -0.138. The molecule has 1 fully saturated rings. The number of nitrogens with zero attached hydrogens (tertiary/aromatic N) is 3. The van der Waals surface area contributed by atoms with E-state index in [0.717, 1.165) is 58.9 Å². The number of ether oxygens (including phenoxy) is 8. The molecule has 0 saturated carbocycles. The van der Waals surface area contributed by atoms with Gasteiger partial charge in [-0.1, -0.05) is 0 Å². The van der Waals surface area contributed by atoms with Crippen LogP contribution in [0.5, 0.6) is 0 Å². The zero-order valence-electron chi connectivity index (χ0n) is 24.5. The molecule has 1 heterocycles. The van der Waals surface area contributed by atoms with Crippen molar-refractivity contribution >= 4 is 7.85 Å². The van der Waals surface area contributed by atoms with Crippen molar-refractivity contribution in [2.75, 3.05) is 141 Å². The highest BCUT2D eigenvalue weighted by atomic mass is 16.6. The lowest BCUT2D eigenvalue weighted by Gasteiger charge is -2.30. The van der Waals surface area contributed by atoms with Crippen molar-refractivity contribution in [1.29, 1.82) is 0 Å². The van der Waals surface area contributed by atoms with E-state index in [-0.39, 0.29) is 24.3 Å². The van der Waals surface area contributed by atoms with Crippen molar-refractivity contribution in [2.24, 2.45) is 0 Å². The van der Waals surface area contributed by atoms with Crippen molar-refractivity contribution in [3.05, 3.63) is 0 Å². The summed E-state index contributed by atoms with van der Waals surface area (Å²) in [5.41, 5.74) is 0. The van der Waals surface area contributed by atoms with Crippen LogP contribution in [0.4, 0.5) is 0 Å². The number of rotatable bonds is 25. The minimum Gasteiger partial charge on any atom is -0.383 e. The van der Waals surface area contributed by atoms with Gasteiger partial charge in [0.15, 0.2) is 0 Å². The second kappa shape index (κ2) is 22.4. The van der Waals surface area contributed by atoms with Crippen LogP contribution in [0, 0.1) is 0 Å². The molecule has 1 aliphatic heterocycles. The molecule has 0 bridgehead atoms. The van der Waals surface area contributed by atoms with E-state index >= 15 is 0 Å². The number of methoxy groups -OCH3 is 6. The van der Waals surface area contributed by atoms with Gasteiger partial charge in [-0.3, -0.25) is 14.7 Å². The predicted octanol–water partition coefficient (Wildman–Crippen LogP) is -1.12. The molecular weight excluding hydrogens is 481 g/mol. The molecule has 12 heteroatoms. The van der Waals surface area contributed by atoms with Crippen LogP contribution in [0.3, 0.4) is 0 Å². The molecule has 220 valence electrons. The van der Waals surface area contributed by atoms with E-state index in [1.54, 1.807) is 42.7 Å². The van der Waals surface area contributed by atoms with Gasteiger partial charge in [-0.25, -0.2) is 0 Å². The molecule has 1 rings (SSSR count). The molecule has 37 heavy (non-hydrogen) atoms. The summed E-state index contributed by atoms with van der Waals surface area (Å²) in [5.74, 6) is 0. The Morgan fingerprint density at radius 2 is 0.946 bits per heavy atom. The highest BCUT2D eigenvalue weighted by Gasteiger charge is 2.43. The summed E-state index contributed by atoms with van der Waals surface area (Å²) < 4.78 is 44.7. The third-order valence-electron chi connectivity index (χ3n) is 6.77. The van der Waals surface area contributed by atoms with Gasteiger partial charge in [-0.05, 0) is 0 Å². The Balaban J connectivity index is 2.73. The molecule has 1 aliphatic rings. The maximum absolute atomic E-state index is 6.34. The largest absolute Gasteiger partial charge is 0.383 e. The maximum Gasteiger partial charge on any atom is 0.142 e. The first-order valence-electron chi connectivity index (χ1n) is 13.5. The summed E-state index contributed by atoms with van der Waals surface area (Å²) in [7, 11) is 12.4. The van der Waals surface area contributed by atoms with Crippen molar-refractivity contribution in [3.63, 3.8) is 0 Å². The van der Waals surface area contributed by atoms with Gasteiger partial charge in [0.2, 0.25) is 0 Å². The van der Waals surface area contributed by atoms with E-state index < -0.39 is 0 Å². The van der Waals surface area contributed by atoms with Crippen LogP contribution in [-0.4, -0.2) is 188 Å². The van der Waals surface area contributed by atoms with Crippen molar-refractivity contribution in [3.8, 4) is 0 Å². The summed E-state index contributed by atoms with van der Waals surface area (Å²) >= 11 is 0. The fourth-order valence-corrected chi connectivity index (χ4v) is 4.50. The quantitative estimate of drug-likeness (QED) is 0.133. The van der Waals surface area contributed by atoms with Crippen LogP contribution < -0.4 is 0 Å². The first-order chi connectivity index (χ1) is 18.0. The lowest BCUT2D eigenvalue weighted by atomic mass is 9.93. The summed E-state index contributed by atoms with van der Waals surface area (Å²) in [4.78, 5) is 7.24. The smallest absolute Gasteiger partial charge is 0.142 e. The average Bonchev–Trinajstić information content (AvgIpc) is 3.20. The normalized spacial score (nSPS) is 22.2. The number of hydrogen-bond donors (Lipinski definition) is 0. The molecule has 4 atom stereocenters. The minimum absolute atomic E-state index is 0.0456. The van der Waals surface area contributed by atoms with E-state index in [0.29, 0.717) is 39.6 Å². The molecule has 0 aromatic carbocycles. The summed E-state index contributed by atoms with van der Waals surface area (Å²) in [6.07, 6.45) is -0.372. The highest BCUT2D eigenvalue weighted by Crippen LogP contribution is 2.24. The second-order valence-electron chi connectivity index (χ2n) is 9.37. The van der Waals surface area contributed by atoms with Crippen molar-refractivity contribution in [1.82, 2.24) is 14.7 Å². The Kier molecular flexibility index (Phi) is 21.0. The molecule has 0 radical (unpaired) electrons. The monoisotopic (exact) mass is 535 g/mol. The van der Waals surface area contributed by atoms with E-state index in [2.05, 4.69) is 14.7 Å². The predicted molar refractivity (Wildman–Crippen MR) is 146 cm³/mol. The highest BCUT2D eigenvalue weighted by molar-refractivity contribution is 6.11. The molecule has 11 nitrogen and oxygen atoms in total. The van der Waals surface area contributed by atoms with Gasteiger partial charge in [-0.15, -0.1) is 0 Å². The van der Waals surface area contributed by atoms with Crippen LogP contribution in [-0.2, 0) is 37.9 Å². The fourth-order valence-electron chi connectivity index (χ4n) is 4.50. The van der Waals surface area contributed by atoms with Crippen LogP contribution in [0.25, 0.3) is 0 Å². The van der Waals surface area contributed by atoms with Gasteiger partial charge in [-0.2, -0.15) is 0 Å². The Morgan fingerprint density at radius 1 is 0.541 bits per heavy atom. The third kappa shape index (κ3) is 14.5. The first kappa shape index (κ1) is 34.7. The first-order valence-corrected chi connectivity index (χ1v) is 13.5. The van der Waals surface area contributed by atoms with Crippen LogP contribution in [0.1, 0.15) is 0 Å². The Bertz CT molecular complexity index is 488. The van der Waals surface area contributed by atoms with E-state index in [9.17, 15) is 0 Å². The lowest BCUT2D eigenvalue weighted by molar-refractivity contribution is -0.0587. The zero-order chi connectivity index (χ0) is 27.3. The second-order valence-corrected chi connectivity index (χ2v) is 9.37. The molecule has 0 amide bonds. The van der Waals surface area contributed by atoms with Crippen LogP contribution >= 0.6 is 0 Å². The SMILES string of the molecule is B[C@@H]1O[C@H](COC)C(OC)[C@@H]1OCCN(CCN(CCOC)CCOC)CCN(CCOC)CCOC. The van der Waals surface area contributed by atoms with Crippen LogP contribution in [0.2, 0.25) is 0 Å². The molecule has 0 aromatic heterocycles. The Hall–Kier alpha value is -0.375. The van der Waals surface area contributed by atoms with E-state index in [4.69, 9.17) is 37.9 Å². The van der Waals surface area contributed by atoms with Crippen molar-refractivity contribution < 1.29 is 37.9 Å². The summed E-state index contributed by atoms with van der Waals surface area (Å²) in [5, 5.41) is 0. The summed E-state index contributed by atoms with van der Waals surface area (Å²) in [6, 6.07) is -0.0456. The molecule has 0 spiro atoms. The Labute approximate surface area is 226 Å². The molecule has 1 unspecified atom stereocenters. The lowest BCUT2D eigenvalue weighted by Crippen LogP contribution is -2.44. The topological polar surface area (TPSA) is 83.6 Å². The van der Waals surface area contributed by atoms with E-state index in [1.807, 2.05) is 7.85 Å². The van der Waals surface area contributed by atoms with Gasteiger partial charge < -0.3 is 37.9 Å². The van der Waals surface area contributed by atoms with E-state index in [1.165, 1.54) is 0 Å². The molecule has 0 aliphatic carbocycles. The van der Waals surface area contributed by atoms with Gasteiger partial charge in [0.1, 0.15) is 26.2 Å². The molecule has 1 saturated heterocycles. The maximum atomic E-state index is 6.34. The molecule has 0 N–H and O–H groups in total. The summed E-state index contributed by atoms with van der Waals surface area (Å²) in [6.45, 7) is 12.0. The Morgan fingerprint density at radius 3 is 1.32 bits per heavy atom. The van der Waals surface area contributed by atoms with Gasteiger partial charge in [0.05, 0.1) is 45.6 Å². The van der Waals surface area contributed by atoms with Crippen molar-refractivity contribution in [2.45, 2.75) is 24.3 Å². The number of hydrogen-bond acceptors (Lipinski definition) is 11. The molecule has 0 aromatic rings. The van der Waals surface area contributed by atoms with Gasteiger partial charge >= 0.3 is 0 Å². The van der Waals surface area contributed by atoms with Crippen LogP contribution in [0.15, 0.2) is 0 Å². The fraction of sp³-hybridized carbons (Fsp3) is 1.00.